The number of anilines is 1. The normalized spacial score (nSPS) is 9.72. The van der Waals surface area contributed by atoms with Gasteiger partial charge in [-0.05, 0) is 6.07 Å². The van der Waals surface area contributed by atoms with Gasteiger partial charge in [-0.2, -0.15) is 0 Å². The summed E-state index contributed by atoms with van der Waals surface area (Å²) in [6.07, 6.45) is 1.61. The van der Waals surface area contributed by atoms with E-state index in [4.69, 9.17) is 19.9 Å². The van der Waals surface area contributed by atoms with Crippen LogP contribution in [0.4, 0.5) is 5.95 Å². The molecule has 0 amide bonds. The van der Waals surface area contributed by atoms with Gasteiger partial charge >= 0.3 is 0 Å². The molecule has 2 aromatic rings. The average Bonchev–Trinajstić information content (AvgIpc) is 2.36. The number of nitrogen functional groups attached to an aromatic ring is 1. The van der Waals surface area contributed by atoms with Crippen LogP contribution in [0, 0.1) is 0 Å². The molecule has 0 spiro atoms. The quantitative estimate of drug-likeness (QED) is 0.914. The van der Waals surface area contributed by atoms with Gasteiger partial charge in [-0.3, -0.25) is 0 Å². The number of aromatic nitrogens is 2. The van der Waals surface area contributed by atoms with Crippen LogP contribution in [-0.4, -0.2) is 31.3 Å². The molecule has 98 valence electrons. The molecule has 1 aromatic heterocycles. The van der Waals surface area contributed by atoms with Gasteiger partial charge < -0.3 is 19.9 Å². The maximum absolute atomic E-state index is 5.56. The lowest BCUT2D eigenvalue weighted by Crippen LogP contribution is -2.00. The summed E-state index contributed by atoms with van der Waals surface area (Å²) in [4.78, 5) is 8.06. The van der Waals surface area contributed by atoms with E-state index in [1.807, 2.05) is 0 Å². The van der Waals surface area contributed by atoms with Crippen LogP contribution < -0.4 is 19.9 Å². The molecule has 0 radical (unpaired) electrons. The van der Waals surface area contributed by atoms with E-state index in [0.29, 0.717) is 22.8 Å². The maximum Gasteiger partial charge on any atom is 0.220 e. The van der Waals surface area contributed by atoms with Crippen LogP contribution >= 0.6 is 12.4 Å². The first-order valence-electron chi connectivity index (χ1n) is 4.92. The molecular weight excluding hydrogens is 258 g/mol. The fraction of sp³-hybridized carbons (Fsp3) is 0.273. The molecule has 0 bridgehead atoms. The van der Waals surface area contributed by atoms with E-state index in [1.54, 1.807) is 19.4 Å². The SMILES string of the molecule is COc1cc2cnc(N)nc2c(OC)c1OC.Cl. The Balaban J connectivity index is 0.00000162. The van der Waals surface area contributed by atoms with Crippen molar-refractivity contribution in [3.63, 3.8) is 0 Å². The summed E-state index contributed by atoms with van der Waals surface area (Å²) in [6, 6.07) is 1.77. The summed E-state index contributed by atoms with van der Waals surface area (Å²) >= 11 is 0. The summed E-state index contributed by atoms with van der Waals surface area (Å²) < 4.78 is 15.8. The molecule has 1 heterocycles. The molecule has 18 heavy (non-hydrogen) atoms. The minimum absolute atomic E-state index is 0. The first-order valence-corrected chi connectivity index (χ1v) is 4.92. The van der Waals surface area contributed by atoms with E-state index in [2.05, 4.69) is 9.97 Å². The third kappa shape index (κ3) is 2.19. The summed E-state index contributed by atoms with van der Waals surface area (Å²) in [5, 5.41) is 0.772. The highest BCUT2D eigenvalue weighted by molar-refractivity contribution is 5.89. The van der Waals surface area contributed by atoms with Crippen LogP contribution in [0.15, 0.2) is 12.3 Å². The van der Waals surface area contributed by atoms with Gasteiger partial charge in [0.25, 0.3) is 0 Å². The van der Waals surface area contributed by atoms with Crippen molar-refractivity contribution in [1.82, 2.24) is 9.97 Å². The highest BCUT2D eigenvalue weighted by Gasteiger charge is 2.17. The van der Waals surface area contributed by atoms with E-state index in [0.717, 1.165) is 5.39 Å². The van der Waals surface area contributed by atoms with Gasteiger partial charge in [-0.15, -0.1) is 12.4 Å². The monoisotopic (exact) mass is 271 g/mol. The minimum atomic E-state index is 0. The van der Waals surface area contributed by atoms with E-state index < -0.39 is 0 Å². The number of halogens is 1. The molecule has 0 aliphatic rings. The Morgan fingerprint density at radius 1 is 1.06 bits per heavy atom. The van der Waals surface area contributed by atoms with Gasteiger partial charge in [0.1, 0.15) is 5.52 Å². The van der Waals surface area contributed by atoms with Crippen molar-refractivity contribution in [2.24, 2.45) is 0 Å². The van der Waals surface area contributed by atoms with Crippen molar-refractivity contribution in [2.75, 3.05) is 27.1 Å². The van der Waals surface area contributed by atoms with Crippen molar-refractivity contribution < 1.29 is 14.2 Å². The standard InChI is InChI=1S/C11H13N3O3.ClH/c1-15-7-4-6-5-13-11(12)14-8(6)10(17-3)9(7)16-2;/h4-5H,1-3H3,(H2,12,13,14);1H. The fourth-order valence-corrected chi connectivity index (χ4v) is 1.65. The largest absolute Gasteiger partial charge is 0.493 e. The third-order valence-electron chi connectivity index (χ3n) is 2.40. The number of ether oxygens (including phenoxy) is 3. The molecule has 7 heteroatoms. The maximum atomic E-state index is 5.56. The molecule has 0 saturated heterocycles. The zero-order valence-electron chi connectivity index (χ0n) is 10.3. The average molecular weight is 272 g/mol. The van der Waals surface area contributed by atoms with Gasteiger partial charge in [-0.1, -0.05) is 0 Å². The highest BCUT2D eigenvalue weighted by atomic mass is 35.5. The molecule has 6 nitrogen and oxygen atoms in total. The fourth-order valence-electron chi connectivity index (χ4n) is 1.65. The molecule has 0 atom stereocenters. The number of benzene rings is 1. The molecule has 0 fully saturated rings. The zero-order chi connectivity index (χ0) is 12.4. The van der Waals surface area contributed by atoms with Crippen LogP contribution in [0.2, 0.25) is 0 Å². The molecule has 0 saturated carbocycles. The minimum Gasteiger partial charge on any atom is -0.493 e. The number of hydrogen-bond donors (Lipinski definition) is 1. The van der Waals surface area contributed by atoms with Crippen LogP contribution in [0.5, 0.6) is 17.2 Å². The lowest BCUT2D eigenvalue weighted by Gasteiger charge is -2.13. The van der Waals surface area contributed by atoms with Crippen molar-refractivity contribution >= 4 is 29.3 Å². The second kappa shape index (κ2) is 5.59. The van der Waals surface area contributed by atoms with Crippen molar-refractivity contribution in [2.45, 2.75) is 0 Å². The molecule has 0 unspecified atom stereocenters. The molecule has 2 rings (SSSR count). The number of fused-ring (bicyclic) bond motifs is 1. The van der Waals surface area contributed by atoms with Crippen molar-refractivity contribution in [1.29, 1.82) is 0 Å². The Morgan fingerprint density at radius 2 is 1.72 bits per heavy atom. The second-order valence-electron chi connectivity index (χ2n) is 3.31. The Bertz CT molecular complexity index is 563. The van der Waals surface area contributed by atoms with Crippen molar-refractivity contribution in [3.05, 3.63) is 12.3 Å². The number of methoxy groups -OCH3 is 3. The topological polar surface area (TPSA) is 79.5 Å². The van der Waals surface area contributed by atoms with Gasteiger partial charge in [-0.25, -0.2) is 9.97 Å². The third-order valence-corrected chi connectivity index (χ3v) is 2.40. The van der Waals surface area contributed by atoms with Crippen LogP contribution in [0.25, 0.3) is 10.9 Å². The summed E-state index contributed by atoms with van der Waals surface area (Å²) in [6.45, 7) is 0. The Hall–Kier alpha value is -1.95. The first kappa shape index (κ1) is 14.1. The highest BCUT2D eigenvalue weighted by Crippen LogP contribution is 2.42. The molecule has 0 aliphatic carbocycles. The Kier molecular flexibility index (Phi) is 4.38. The molecule has 0 aliphatic heterocycles. The molecule has 2 N–H and O–H groups in total. The number of hydrogen-bond acceptors (Lipinski definition) is 6. The van der Waals surface area contributed by atoms with Gasteiger partial charge in [0.2, 0.25) is 11.7 Å². The van der Waals surface area contributed by atoms with E-state index in [1.165, 1.54) is 14.2 Å². The lowest BCUT2D eigenvalue weighted by atomic mass is 10.2. The molecular formula is C11H14ClN3O3. The van der Waals surface area contributed by atoms with Crippen LogP contribution in [0.3, 0.4) is 0 Å². The zero-order valence-corrected chi connectivity index (χ0v) is 11.1. The van der Waals surface area contributed by atoms with E-state index >= 15 is 0 Å². The molecule has 1 aromatic carbocycles. The summed E-state index contributed by atoms with van der Waals surface area (Å²) in [5.41, 5.74) is 6.15. The first-order chi connectivity index (χ1) is 8.21. The lowest BCUT2D eigenvalue weighted by molar-refractivity contribution is 0.327. The summed E-state index contributed by atoms with van der Waals surface area (Å²) in [5.74, 6) is 1.71. The van der Waals surface area contributed by atoms with E-state index in [9.17, 15) is 0 Å². The smallest absolute Gasteiger partial charge is 0.220 e. The number of nitrogens with zero attached hydrogens (tertiary/aromatic N) is 2. The van der Waals surface area contributed by atoms with Crippen LogP contribution in [0.1, 0.15) is 0 Å². The van der Waals surface area contributed by atoms with E-state index in [-0.39, 0.29) is 18.4 Å². The van der Waals surface area contributed by atoms with Crippen LogP contribution in [-0.2, 0) is 0 Å². The Labute approximate surface area is 110 Å². The van der Waals surface area contributed by atoms with Gasteiger partial charge in [0.05, 0.1) is 21.3 Å². The predicted octanol–water partition coefficient (Wildman–Crippen LogP) is 1.66. The van der Waals surface area contributed by atoms with Crippen molar-refractivity contribution in [3.8, 4) is 17.2 Å². The Morgan fingerprint density at radius 3 is 2.28 bits per heavy atom. The number of nitrogens with two attached hydrogens (primary N) is 1. The van der Waals surface area contributed by atoms with Gasteiger partial charge in [0, 0.05) is 11.6 Å². The summed E-state index contributed by atoms with van der Waals surface area (Å²) in [7, 11) is 4.63. The second-order valence-corrected chi connectivity index (χ2v) is 3.31. The predicted molar refractivity (Wildman–Crippen MR) is 70.9 cm³/mol. The van der Waals surface area contributed by atoms with Gasteiger partial charge in [0.15, 0.2) is 11.5 Å². The number of rotatable bonds is 3.